The average Bonchev–Trinajstić information content (AvgIpc) is 2.85. The maximum Gasteiger partial charge on any atom is 0.271 e. The molecule has 0 saturated carbocycles. The van der Waals surface area contributed by atoms with Crippen molar-refractivity contribution in [3.63, 3.8) is 0 Å². The molecule has 2 N–H and O–H groups in total. The molecule has 26 heavy (non-hydrogen) atoms. The quantitative estimate of drug-likeness (QED) is 0.787. The summed E-state index contributed by atoms with van der Waals surface area (Å²) < 4.78 is 1.46. The molecular formula is C19H25ClN4O2. The van der Waals surface area contributed by atoms with Crippen molar-refractivity contribution in [2.24, 2.45) is 7.05 Å². The van der Waals surface area contributed by atoms with Gasteiger partial charge in [-0.3, -0.25) is 14.3 Å². The number of alkyl halides is 1. The van der Waals surface area contributed by atoms with Crippen LogP contribution in [0, 0.1) is 6.92 Å². The molecule has 1 heterocycles. The summed E-state index contributed by atoms with van der Waals surface area (Å²) in [6.07, 6.45) is 0. The molecule has 7 heteroatoms. The summed E-state index contributed by atoms with van der Waals surface area (Å²) in [5, 5.41) is 9.72. The lowest BCUT2D eigenvalue weighted by Crippen LogP contribution is -2.27. The van der Waals surface area contributed by atoms with E-state index >= 15 is 0 Å². The molecule has 2 rings (SSSR count). The van der Waals surface area contributed by atoms with Crippen LogP contribution in [0.2, 0.25) is 0 Å². The Hall–Kier alpha value is -2.34. The second-order valence-corrected chi connectivity index (χ2v) is 7.51. The summed E-state index contributed by atoms with van der Waals surface area (Å²) in [5.74, 6) is -0.873. The maximum atomic E-state index is 12.6. The highest BCUT2D eigenvalue weighted by Gasteiger charge is 2.21. The normalized spacial score (nSPS) is 11.3. The molecule has 2 amide bonds. The Bertz CT molecular complexity index is 804. The van der Waals surface area contributed by atoms with E-state index in [1.165, 1.54) is 10.2 Å². The van der Waals surface area contributed by atoms with E-state index in [2.05, 4.69) is 48.6 Å². The minimum absolute atomic E-state index is 0.0868. The van der Waals surface area contributed by atoms with E-state index in [1.54, 1.807) is 14.0 Å². The van der Waals surface area contributed by atoms with Crippen LogP contribution in [-0.4, -0.2) is 27.5 Å². The van der Waals surface area contributed by atoms with Crippen molar-refractivity contribution >= 4 is 29.1 Å². The Balaban J connectivity index is 2.12. The van der Waals surface area contributed by atoms with Crippen LogP contribution in [0.4, 0.5) is 5.69 Å². The monoisotopic (exact) mass is 376 g/mol. The summed E-state index contributed by atoms with van der Waals surface area (Å²) in [7, 11) is 1.66. The van der Waals surface area contributed by atoms with Gasteiger partial charge in [-0.25, -0.2) is 0 Å². The number of nitrogens with zero attached hydrogens (tertiary/aromatic N) is 2. The highest BCUT2D eigenvalue weighted by molar-refractivity contribution is 6.29. The number of hydrogen-bond donors (Lipinski definition) is 2. The van der Waals surface area contributed by atoms with Crippen LogP contribution < -0.4 is 10.6 Å². The first-order chi connectivity index (χ1) is 12.1. The highest BCUT2D eigenvalue weighted by atomic mass is 35.5. The van der Waals surface area contributed by atoms with E-state index < -0.39 is 0 Å². The van der Waals surface area contributed by atoms with Gasteiger partial charge in [-0.1, -0.05) is 45.0 Å². The maximum absolute atomic E-state index is 12.6. The molecule has 0 unspecified atom stereocenters. The molecule has 0 bridgehead atoms. The van der Waals surface area contributed by atoms with Crippen molar-refractivity contribution in [1.82, 2.24) is 15.1 Å². The number of anilines is 1. The van der Waals surface area contributed by atoms with Gasteiger partial charge < -0.3 is 10.6 Å². The standard InChI is InChI=1S/C19H25ClN4O2/c1-12-16(22-15(25)10-20)17(24(5)23-12)18(26)21-11-13-6-8-14(9-7-13)19(2,3)4/h6-9H,10-11H2,1-5H3,(H,21,26)(H,22,25). The molecular weight excluding hydrogens is 352 g/mol. The zero-order chi connectivity index (χ0) is 19.5. The van der Waals surface area contributed by atoms with Gasteiger partial charge in [0.2, 0.25) is 5.91 Å². The molecule has 0 radical (unpaired) electrons. The number of carbonyl (C=O) groups excluding carboxylic acids is 2. The van der Waals surface area contributed by atoms with Crippen LogP contribution in [0.15, 0.2) is 24.3 Å². The van der Waals surface area contributed by atoms with Gasteiger partial charge >= 0.3 is 0 Å². The SMILES string of the molecule is Cc1nn(C)c(C(=O)NCc2ccc(C(C)(C)C)cc2)c1NC(=O)CCl. The van der Waals surface area contributed by atoms with Gasteiger partial charge in [0, 0.05) is 13.6 Å². The molecule has 1 aromatic carbocycles. The third-order valence-corrected chi connectivity index (χ3v) is 4.34. The summed E-state index contributed by atoms with van der Waals surface area (Å²) in [6, 6.07) is 8.15. The smallest absolute Gasteiger partial charge is 0.271 e. The van der Waals surface area contributed by atoms with Crippen LogP contribution >= 0.6 is 11.6 Å². The van der Waals surface area contributed by atoms with E-state index in [9.17, 15) is 9.59 Å². The first-order valence-electron chi connectivity index (χ1n) is 8.40. The number of aromatic nitrogens is 2. The molecule has 0 aliphatic rings. The Kier molecular flexibility index (Phi) is 6.08. The number of nitrogens with one attached hydrogen (secondary N) is 2. The summed E-state index contributed by atoms with van der Waals surface area (Å²) in [6.45, 7) is 8.59. The van der Waals surface area contributed by atoms with Crippen molar-refractivity contribution in [2.45, 2.75) is 39.7 Å². The lowest BCUT2D eigenvalue weighted by Gasteiger charge is -2.19. The van der Waals surface area contributed by atoms with Gasteiger partial charge in [0.25, 0.3) is 5.91 Å². The Labute approximate surface area is 158 Å². The van der Waals surface area contributed by atoms with Crippen LogP contribution in [0.3, 0.4) is 0 Å². The number of amides is 2. The Morgan fingerprint density at radius 1 is 1.19 bits per heavy atom. The zero-order valence-electron chi connectivity index (χ0n) is 15.8. The first-order valence-corrected chi connectivity index (χ1v) is 8.94. The first kappa shape index (κ1) is 20.0. The second-order valence-electron chi connectivity index (χ2n) is 7.24. The fourth-order valence-electron chi connectivity index (χ4n) is 2.63. The molecule has 1 aromatic heterocycles. The van der Waals surface area contributed by atoms with Crippen molar-refractivity contribution < 1.29 is 9.59 Å². The zero-order valence-corrected chi connectivity index (χ0v) is 16.6. The number of hydrogen-bond acceptors (Lipinski definition) is 3. The number of halogens is 1. The van der Waals surface area contributed by atoms with Crippen LogP contribution in [0.25, 0.3) is 0 Å². The average molecular weight is 377 g/mol. The summed E-state index contributed by atoms with van der Waals surface area (Å²) in [5.41, 5.74) is 3.57. The lowest BCUT2D eigenvalue weighted by molar-refractivity contribution is -0.113. The van der Waals surface area contributed by atoms with Crippen molar-refractivity contribution in [3.8, 4) is 0 Å². The molecule has 0 aliphatic heterocycles. The third kappa shape index (κ3) is 4.64. The fourth-order valence-corrected chi connectivity index (χ4v) is 2.70. The second kappa shape index (κ2) is 7.91. The van der Waals surface area contributed by atoms with Crippen molar-refractivity contribution in [3.05, 3.63) is 46.8 Å². The number of benzene rings is 1. The Morgan fingerprint density at radius 3 is 2.35 bits per heavy atom. The Morgan fingerprint density at radius 2 is 1.81 bits per heavy atom. The van der Waals surface area contributed by atoms with Crippen LogP contribution in [0.5, 0.6) is 0 Å². The van der Waals surface area contributed by atoms with Crippen LogP contribution in [-0.2, 0) is 23.8 Å². The van der Waals surface area contributed by atoms with E-state index in [0.29, 0.717) is 23.6 Å². The third-order valence-electron chi connectivity index (χ3n) is 4.10. The predicted molar refractivity (Wildman–Crippen MR) is 104 cm³/mol. The van der Waals surface area contributed by atoms with Crippen molar-refractivity contribution in [1.29, 1.82) is 0 Å². The number of rotatable bonds is 5. The van der Waals surface area contributed by atoms with Gasteiger partial charge in [-0.15, -0.1) is 11.6 Å². The number of carbonyl (C=O) groups is 2. The topological polar surface area (TPSA) is 76.0 Å². The summed E-state index contributed by atoms with van der Waals surface area (Å²) >= 11 is 5.54. The number of aryl methyl sites for hydroxylation is 2. The lowest BCUT2D eigenvalue weighted by atomic mass is 9.87. The minimum atomic E-state index is -0.380. The molecule has 140 valence electrons. The molecule has 0 aliphatic carbocycles. The predicted octanol–water partition coefficient (Wildman–Crippen LogP) is 3.13. The summed E-state index contributed by atoms with van der Waals surface area (Å²) in [4.78, 5) is 24.2. The van der Waals surface area contributed by atoms with Gasteiger partial charge in [-0.2, -0.15) is 5.10 Å². The van der Waals surface area contributed by atoms with E-state index in [4.69, 9.17) is 11.6 Å². The van der Waals surface area contributed by atoms with Crippen LogP contribution in [0.1, 0.15) is 48.1 Å². The van der Waals surface area contributed by atoms with Gasteiger partial charge in [0.15, 0.2) is 0 Å². The van der Waals surface area contributed by atoms with Gasteiger partial charge in [0.05, 0.1) is 11.4 Å². The molecule has 0 fully saturated rings. The molecule has 0 saturated heterocycles. The molecule has 6 nitrogen and oxygen atoms in total. The highest BCUT2D eigenvalue weighted by Crippen LogP contribution is 2.22. The van der Waals surface area contributed by atoms with Gasteiger partial charge in [-0.05, 0) is 23.5 Å². The van der Waals surface area contributed by atoms with E-state index in [1.807, 2.05) is 12.1 Å². The largest absolute Gasteiger partial charge is 0.347 e. The molecule has 0 spiro atoms. The molecule has 2 aromatic rings. The van der Waals surface area contributed by atoms with Crippen molar-refractivity contribution in [2.75, 3.05) is 11.2 Å². The van der Waals surface area contributed by atoms with E-state index in [-0.39, 0.29) is 23.1 Å². The molecule has 0 atom stereocenters. The van der Waals surface area contributed by atoms with E-state index in [0.717, 1.165) is 5.56 Å². The fraction of sp³-hybridized carbons (Fsp3) is 0.421. The minimum Gasteiger partial charge on any atom is -0.347 e. The van der Waals surface area contributed by atoms with Gasteiger partial charge in [0.1, 0.15) is 11.6 Å².